The van der Waals surface area contributed by atoms with Gasteiger partial charge in [-0.05, 0) is 11.6 Å². The number of nitrogens with zero attached hydrogens (tertiary/aromatic N) is 1. The Kier molecular flexibility index (Phi) is 2.95. The first-order valence-electron chi connectivity index (χ1n) is 4.65. The van der Waals surface area contributed by atoms with E-state index in [-0.39, 0.29) is 12.3 Å². The zero-order valence-electron chi connectivity index (χ0n) is 8.31. The molecule has 0 aliphatic carbocycles. The molecule has 0 aliphatic rings. The van der Waals surface area contributed by atoms with Gasteiger partial charge in [0.05, 0.1) is 37.0 Å². The number of anilines is 1. The summed E-state index contributed by atoms with van der Waals surface area (Å²) in [6.45, 7) is 0. The second kappa shape index (κ2) is 4.57. The van der Waals surface area contributed by atoms with E-state index in [1.54, 1.807) is 6.07 Å². The summed E-state index contributed by atoms with van der Waals surface area (Å²) in [4.78, 5) is 15.1. The molecule has 2 rings (SSSR count). The molecule has 2 heterocycles. The Bertz CT molecular complexity index is 482. The number of rotatable bonds is 3. The van der Waals surface area contributed by atoms with Crippen LogP contribution in [-0.2, 0) is 11.2 Å². The molecule has 16 heavy (non-hydrogen) atoms. The highest BCUT2D eigenvalue weighted by Gasteiger charge is 2.05. The van der Waals surface area contributed by atoms with E-state index in [1.807, 2.05) is 0 Å². The third-order valence-corrected chi connectivity index (χ3v) is 1.93. The van der Waals surface area contributed by atoms with Gasteiger partial charge in [0.1, 0.15) is 5.82 Å². The van der Waals surface area contributed by atoms with Gasteiger partial charge in [-0.2, -0.15) is 0 Å². The van der Waals surface area contributed by atoms with Crippen LogP contribution < -0.4 is 5.32 Å². The van der Waals surface area contributed by atoms with Gasteiger partial charge >= 0.3 is 0 Å². The smallest absolute Gasteiger partial charge is 0.228 e. The van der Waals surface area contributed by atoms with Crippen LogP contribution in [0, 0.1) is 5.82 Å². The van der Waals surface area contributed by atoms with Crippen LogP contribution >= 0.6 is 0 Å². The minimum Gasteiger partial charge on any atom is -0.472 e. The van der Waals surface area contributed by atoms with Gasteiger partial charge in [-0.25, -0.2) is 4.39 Å². The SMILES string of the molecule is O=C(Cc1ccoc1)Nc1cncc(F)c1. The van der Waals surface area contributed by atoms with Gasteiger partial charge in [-0.1, -0.05) is 0 Å². The third-order valence-electron chi connectivity index (χ3n) is 1.93. The van der Waals surface area contributed by atoms with E-state index in [1.165, 1.54) is 24.8 Å². The number of furan rings is 1. The van der Waals surface area contributed by atoms with Gasteiger partial charge in [-0.3, -0.25) is 9.78 Å². The van der Waals surface area contributed by atoms with Crippen molar-refractivity contribution in [3.8, 4) is 0 Å². The van der Waals surface area contributed by atoms with E-state index in [4.69, 9.17) is 4.42 Å². The lowest BCUT2D eigenvalue weighted by Crippen LogP contribution is -2.14. The quantitative estimate of drug-likeness (QED) is 0.860. The zero-order chi connectivity index (χ0) is 11.4. The van der Waals surface area contributed by atoms with E-state index in [2.05, 4.69) is 10.3 Å². The van der Waals surface area contributed by atoms with Crippen LogP contribution in [0.5, 0.6) is 0 Å². The number of nitrogens with one attached hydrogen (secondary N) is 1. The predicted octanol–water partition coefficient (Wildman–Crippen LogP) is 1.99. The number of hydrogen-bond donors (Lipinski definition) is 1. The molecule has 4 nitrogen and oxygen atoms in total. The average Bonchev–Trinajstić information content (AvgIpc) is 2.70. The lowest BCUT2D eigenvalue weighted by atomic mass is 10.2. The molecule has 0 saturated carbocycles. The maximum Gasteiger partial charge on any atom is 0.228 e. The van der Waals surface area contributed by atoms with Crippen LogP contribution in [-0.4, -0.2) is 10.9 Å². The number of aromatic nitrogens is 1. The molecule has 82 valence electrons. The fraction of sp³-hybridized carbons (Fsp3) is 0.0909. The van der Waals surface area contributed by atoms with Crippen molar-refractivity contribution in [3.05, 3.63) is 48.4 Å². The van der Waals surface area contributed by atoms with Crippen LogP contribution in [0.4, 0.5) is 10.1 Å². The van der Waals surface area contributed by atoms with Crippen molar-refractivity contribution in [2.24, 2.45) is 0 Å². The van der Waals surface area contributed by atoms with Crippen molar-refractivity contribution in [1.29, 1.82) is 0 Å². The maximum atomic E-state index is 12.8. The summed E-state index contributed by atoms with van der Waals surface area (Å²) >= 11 is 0. The molecule has 0 unspecified atom stereocenters. The lowest BCUT2D eigenvalue weighted by molar-refractivity contribution is -0.115. The molecule has 1 amide bonds. The number of carbonyl (C=O) groups excluding carboxylic acids is 1. The Balaban J connectivity index is 1.97. The number of hydrogen-bond acceptors (Lipinski definition) is 3. The summed E-state index contributed by atoms with van der Waals surface area (Å²) in [6, 6.07) is 2.91. The molecule has 0 aliphatic heterocycles. The fourth-order valence-corrected chi connectivity index (χ4v) is 1.26. The highest BCUT2D eigenvalue weighted by atomic mass is 19.1. The number of pyridine rings is 1. The van der Waals surface area contributed by atoms with Crippen molar-refractivity contribution < 1.29 is 13.6 Å². The van der Waals surface area contributed by atoms with E-state index < -0.39 is 5.82 Å². The first-order chi connectivity index (χ1) is 7.74. The summed E-state index contributed by atoms with van der Waals surface area (Å²) in [5.74, 6) is -0.727. The van der Waals surface area contributed by atoms with Crippen molar-refractivity contribution in [1.82, 2.24) is 4.98 Å². The minimum atomic E-state index is -0.485. The normalized spacial score (nSPS) is 10.1. The van der Waals surface area contributed by atoms with Crippen molar-refractivity contribution in [2.75, 3.05) is 5.32 Å². The molecule has 0 spiro atoms. The van der Waals surface area contributed by atoms with Crippen LogP contribution in [0.1, 0.15) is 5.56 Å². The molecular formula is C11H9FN2O2. The molecule has 0 fully saturated rings. The molecule has 0 atom stereocenters. The van der Waals surface area contributed by atoms with Crippen molar-refractivity contribution in [2.45, 2.75) is 6.42 Å². The summed E-state index contributed by atoms with van der Waals surface area (Å²) in [5.41, 5.74) is 1.11. The molecule has 0 saturated heterocycles. The highest BCUT2D eigenvalue weighted by molar-refractivity contribution is 5.91. The molecule has 5 heteroatoms. The van der Waals surface area contributed by atoms with Crippen LogP contribution in [0.15, 0.2) is 41.5 Å². The molecule has 1 N–H and O–H groups in total. The van der Waals surface area contributed by atoms with Gasteiger partial charge < -0.3 is 9.73 Å². The predicted molar refractivity (Wildman–Crippen MR) is 55.2 cm³/mol. The maximum absolute atomic E-state index is 12.8. The lowest BCUT2D eigenvalue weighted by Gasteiger charge is -2.03. The molecule has 0 aromatic carbocycles. The van der Waals surface area contributed by atoms with Gasteiger partial charge in [0.25, 0.3) is 0 Å². The molecule has 2 aromatic heterocycles. The Morgan fingerprint density at radius 3 is 3.06 bits per heavy atom. The first-order valence-corrected chi connectivity index (χ1v) is 4.65. The average molecular weight is 220 g/mol. The van der Waals surface area contributed by atoms with E-state index in [9.17, 15) is 9.18 Å². The van der Waals surface area contributed by atoms with Gasteiger partial charge in [0.2, 0.25) is 5.91 Å². The summed E-state index contributed by atoms with van der Waals surface area (Å²) in [6.07, 6.45) is 5.63. The fourth-order valence-electron chi connectivity index (χ4n) is 1.26. The second-order valence-corrected chi connectivity index (χ2v) is 3.25. The van der Waals surface area contributed by atoms with Gasteiger partial charge in [-0.15, -0.1) is 0 Å². The van der Waals surface area contributed by atoms with Crippen molar-refractivity contribution in [3.63, 3.8) is 0 Å². The van der Waals surface area contributed by atoms with E-state index in [0.29, 0.717) is 5.69 Å². The topological polar surface area (TPSA) is 55.1 Å². The van der Waals surface area contributed by atoms with E-state index >= 15 is 0 Å². The standard InChI is InChI=1S/C11H9FN2O2/c12-9-4-10(6-13-5-9)14-11(15)3-8-1-2-16-7-8/h1-2,4-7H,3H2,(H,14,15). The third kappa shape index (κ3) is 2.66. The van der Waals surface area contributed by atoms with Crippen molar-refractivity contribution >= 4 is 11.6 Å². The van der Waals surface area contributed by atoms with Crippen LogP contribution in [0.25, 0.3) is 0 Å². The summed E-state index contributed by atoms with van der Waals surface area (Å²) < 4.78 is 17.6. The van der Waals surface area contributed by atoms with Crippen LogP contribution in [0.2, 0.25) is 0 Å². The Labute approximate surface area is 91.1 Å². The molecule has 0 radical (unpaired) electrons. The van der Waals surface area contributed by atoms with Gasteiger partial charge in [0.15, 0.2) is 0 Å². The summed E-state index contributed by atoms with van der Waals surface area (Å²) in [7, 11) is 0. The largest absolute Gasteiger partial charge is 0.472 e. The van der Waals surface area contributed by atoms with Gasteiger partial charge in [0, 0.05) is 6.07 Å². The molecule has 2 aromatic rings. The Hall–Kier alpha value is -2.17. The molecule has 0 bridgehead atoms. The first kappa shape index (κ1) is 10.4. The minimum absolute atomic E-state index is 0.188. The molecular weight excluding hydrogens is 211 g/mol. The Morgan fingerprint density at radius 2 is 2.38 bits per heavy atom. The zero-order valence-corrected chi connectivity index (χ0v) is 8.31. The number of amides is 1. The monoisotopic (exact) mass is 220 g/mol. The number of carbonyl (C=O) groups is 1. The summed E-state index contributed by atoms with van der Waals surface area (Å²) in [5, 5.41) is 2.54. The number of halogens is 1. The second-order valence-electron chi connectivity index (χ2n) is 3.25. The van der Waals surface area contributed by atoms with Crippen LogP contribution in [0.3, 0.4) is 0 Å². The Morgan fingerprint density at radius 1 is 1.50 bits per heavy atom. The van der Waals surface area contributed by atoms with E-state index in [0.717, 1.165) is 11.8 Å². The highest BCUT2D eigenvalue weighted by Crippen LogP contribution is 2.08.